The van der Waals surface area contributed by atoms with Gasteiger partial charge in [0.15, 0.2) is 0 Å². The predicted molar refractivity (Wildman–Crippen MR) is 115 cm³/mol. The lowest BCUT2D eigenvalue weighted by Crippen LogP contribution is -2.24. The van der Waals surface area contributed by atoms with Crippen LogP contribution in [0.4, 0.5) is 18.9 Å². The summed E-state index contributed by atoms with van der Waals surface area (Å²) in [6, 6.07) is 4.66. The van der Waals surface area contributed by atoms with Gasteiger partial charge >= 0.3 is 6.18 Å². The Morgan fingerprint density at radius 3 is 2.72 bits per heavy atom. The molecule has 1 amide bonds. The van der Waals surface area contributed by atoms with Gasteiger partial charge in [-0.25, -0.2) is 9.67 Å². The van der Waals surface area contributed by atoms with E-state index in [0.717, 1.165) is 22.6 Å². The van der Waals surface area contributed by atoms with E-state index in [-0.39, 0.29) is 24.2 Å². The molecule has 1 N–H and O–H groups in total. The molecule has 0 spiro atoms. The molecule has 0 saturated carbocycles. The maximum atomic E-state index is 13.2. The van der Waals surface area contributed by atoms with Crippen LogP contribution in [0.25, 0.3) is 15.9 Å². The Labute approximate surface area is 184 Å². The second-order valence-electron chi connectivity index (χ2n) is 7.19. The van der Waals surface area contributed by atoms with Crippen LogP contribution in [0.15, 0.2) is 47.8 Å². The zero-order valence-corrected chi connectivity index (χ0v) is 17.9. The minimum absolute atomic E-state index is 0.0289. The van der Waals surface area contributed by atoms with E-state index in [2.05, 4.69) is 15.4 Å². The summed E-state index contributed by atoms with van der Waals surface area (Å²) < 4.78 is 42.2. The molecule has 0 bridgehead atoms. The number of hydrogen-bond acceptors (Lipinski definition) is 5. The van der Waals surface area contributed by atoms with Crippen LogP contribution in [0.2, 0.25) is 0 Å². The van der Waals surface area contributed by atoms with Crippen LogP contribution in [0.3, 0.4) is 0 Å². The number of alkyl halides is 3. The fourth-order valence-electron chi connectivity index (χ4n) is 3.29. The first-order valence-electron chi connectivity index (χ1n) is 9.61. The molecule has 0 aliphatic carbocycles. The Morgan fingerprint density at radius 1 is 1.25 bits per heavy atom. The van der Waals surface area contributed by atoms with E-state index in [0.29, 0.717) is 15.9 Å². The van der Waals surface area contributed by atoms with Crippen molar-refractivity contribution in [2.45, 2.75) is 33.0 Å². The fourth-order valence-corrected chi connectivity index (χ4v) is 4.28. The first-order valence-corrected chi connectivity index (χ1v) is 10.4. The molecule has 4 rings (SSSR count). The summed E-state index contributed by atoms with van der Waals surface area (Å²) in [5.74, 6) is -0.539. The molecule has 32 heavy (non-hydrogen) atoms. The topological polar surface area (TPSA) is 81.8 Å². The maximum absolute atomic E-state index is 13.2. The number of nitrogens with one attached hydrogen (secondary N) is 1. The first-order chi connectivity index (χ1) is 15.1. The van der Waals surface area contributed by atoms with Gasteiger partial charge in [0, 0.05) is 30.2 Å². The van der Waals surface area contributed by atoms with Crippen LogP contribution in [0.1, 0.15) is 22.4 Å². The molecule has 3 aromatic heterocycles. The fraction of sp³-hybridized carbons (Fsp3) is 0.238. The second kappa shape index (κ2) is 8.23. The molecule has 7 nitrogen and oxygen atoms in total. The third-order valence-corrected chi connectivity index (χ3v) is 6.20. The summed E-state index contributed by atoms with van der Waals surface area (Å²) >= 11 is 1.43. The molecule has 0 aliphatic heterocycles. The van der Waals surface area contributed by atoms with E-state index in [1.807, 2.05) is 13.8 Å². The van der Waals surface area contributed by atoms with Crippen molar-refractivity contribution in [3.8, 4) is 5.69 Å². The third kappa shape index (κ3) is 4.15. The van der Waals surface area contributed by atoms with Gasteiger partial charge < -0.3 is 5.32 Å². The zero-order chi connectivity index (χ0) is 23.0. The Balaban J connectivity index is 1.57. The van der Waals surface area contributed by atoms with Crippen LogP contribution < -0.4 is 10.9 Å². The van der Waals surface area contributed by atoms with Crippen molar-refractivity contribution in [3.63, 3.8) is 0 Å². The zero-order valence-electron chi connectivity index (χ0n) is 17.1. The average Bonchev–Trinajstić information content (AvgIpc) is 3.36. The molecular weight excluding hydrogens is 443 g/mol. The summed E-state index contributed by atoms with van der Waals surface area (Å²) in [5.41, 5.74) is -0.0207. The summed E-state index contributed by atoms with van der Waals surface area (Å²) in [6.07, 6.45) is -0.263. The van der Waals surface area contributed by atoms with E-state index in [1.165, 1.54) is 39.2 Å². The Kier molecular flexibility index (Phi) is 5.59. The monoisotopic (exact) mass is 461 g/mol. The highest BCUT2D eigenvalue weighted by Crippen LogP contribution is 2.33. The molecule has 0 unspecified atom stereocenters. The molecule has 11 heteroatoms. The molecular formula is C21H18F3N5O2S. The van der Waals surface area contributed by atoms with Gasteiger partial charge in [0.1, 0.15) is 4.83 Å². The Morgan fingerprint density at radius 2 is 2.03 bits per heavy atom. The van der Waals surface area contributed by atoms with E-state index in [9.17, 15) is 22.8 Å². The number of benzene rings is 1. The van der Waals surface area contributed by atoms with Crippen molar-refractivity contribution in [2.75, 3.05) is 5.32 Å². The number of anilines is 1. The van der Waals surface area contributed by atoms with Crippen molar-refractivity contribution in [1.29, 1.82) is 0 Å². The summed E-state index contributed by atoms with van der Waals surface area (Å²) in [6.45, 7) is 3.79. The normalized spacial score (nSPS) is 11.8. The van der Waals surface area contributed by atoms with Crippen molar-refractivity contribution >= 4 is 33.1 Å². The Bertz CT molecular complexity index is 1360. The predicted octanol–water partition coefficient (Wildman–Crippen LogP) is 4.31. The van der Waals surface area contributed by atoms with Crippen LogP contribution in [0, 0.1) is 13.8 Å². The highest BCUT2D eigenvalue weighted by molar-refractivity contribution is 7.18. The number of amides is 1. The smallest absolute Gasteiger partial charge is 0.324 e. The summed E-state index contributed by atoms with van der Waals surface area (Å²) in [7, 11) is 0. The van der Waals surface area contributed by atoms with Gasteiger partial charge in [-0.2, -0.15) is 18.3 Å². The van der Waals surface area contributed by atoms with E-state index in [1.54, 1.807) is 12.3 Å². The average molecular weight is 461 g/mol. The molecule has 0 atom stereocenters. The minimum atomic E-state index is -4.56. The number of carbonyl (C=O) groups excluding carboxylic acids is 1. The van der Waals surface area contributed by atoms with Crippen molar-refractivity contribution < 1.29 is 18.0 Å². The molecule has 0 fully saturated rings. The van der Waals surface area contributed by atoms with E-state index in [4.69, 9.17) is 0 Å². The number of rotatable bonds is 5. The quantitative estimate of drug-likeness (QED) is 0.480. The SMILES string of the molecule is Cc1sc2ncn(CCC(=O)Nc3cc(C(F)(F)F)ccc3-n3cccn3)c(=O)c2c1C. The van der Waals surface area contributed by atoms with Gasteiger partial charge in [-0.1, -0.05) is 0 Å². The third-order valence-electron chi connectivity index (χ3n) is 5.08. The van der Waals surface area contributed by atoms with Gasteiger partial charge in [0.2, 0.25) is 5.91 Å². The summed E-state index contributed by atoms with van der Waals surface area (Å²) in [4.78, 5) is 31.2. The van der Waals surface area contributed by atoms with Gasteiger partial charge in [-0.05, 0) is 43.7 Å². The Hall–Kier alpha value is -3.47. The standard InChI is InChI=1S/C21H18F3N5O2S/c1-12-13(2)32-19-18(12)20(31)28(11-25-19)9-6-17(30)27-15-10-14(21(22,23)24)4-5-16(15)29-8-3-7-26-29/h3-5,7-8,10-11H,6,9H2,1-2H3,(H,27,30). The van der Waals surface area contributed by atoms with Crippen molar-refractivity contribution in [2.24, 2.45) is 0 Å². The molecule has 166 valence electrons. The number of thiophene rings is 1. The molecule has 0 aliphatic rings. The largest absolute Gasteiger partial charge is 0.416 e. The lowest BCUT2D eigenvalue weighted by molar-refractivity contribution is -0.137. The van der Waals surface area contributed by atoms with Crippen LogP contribution in [-0.4, -0.2) is 25.2 Å². The van der Waals surface area contributed by atoms with Gasteiger partial charge in [0.25, 0.3) is 5.56 Å². The number of carbonyl (C=O) groups is 1. The number of nitrogens with zero attached hydrogens (tertiary/aromatic N) is 4. The maximum Gasteiger partial charge on any atom is 0.416 e. The highest BCUT2D eigenvalue weighted by Gasteiger charge is 2.31. The van der Waals surface area contributed by atoms with Crippen molar-refractivity contribution in [3.05, 3.63) is 69.3 Å². The van der Waals surface area contributed by atoms with Gasteiger partial charge in [-0.15, -0.1) is 11.3 Å². The van der Waals surface area contributed by atoms with Crippen molar-refractivity contribution in [1.82, 2.24) is 19.3 Å². The number of hydrogen-bond donors (Lipinski definition) is 1. The first kappa shape index (κ1) is 21.8. The molecule has 4 aromatic rings. The lowest BCUT2D eigenvalue weighted by atomic mass is 10.1. The number of halogens is 3. The van der Waals surface area contributed by atoms with Gasteiger partial charge in [0.05, 0.1) is 28.7 Å². The molecule has 3 heterocycles. The number of fused-ring (bicyclic) bond motifs is 1. The lowest BCUT2D eigenvalue weighted by Gasteiger charge is -2.15. The van der Waals surface area contributed by atoms with Crippen LogP contribution in [-0.2, 0) is 17.5 Å². The van der Waals surface area contributed by atoms with Crippen LogP contribution >= 0.6 is 11.3 Å². The number of aromatic nitrogens is 4. The molecule has 0 saturated heterocycles. The van der Waals surface area contributed by atoms with Crippen LogP contribution in [0.5, 0.6) is 0 Å². The molecule has 1 aromatic carbocycles. The minimum Gasteiger partial charge on any atom is -0.324 e. The molecule has 0 radical (unpaired) electrons. The summed E-state index contributed by atoms with van der Waals surface area (Å²) in [5, 5.41) is 7.06. The van der Waals surface area contributed by atoms with E-state index >= 15 is 0 Å². The van der Waals surface area contributed by atoms with Gasteiger partial charge in [-0.3, -0.25) is 14.2 Å². The highest BCUT2D eigenvalue weighted by atomic mass is 32.1. The second-order valence-corrected chi connectivity index (χ2v) is 8.39. The van der Waals surface area contributed by atoms with E-state index < -0.39 is 17.6 Å². The number of aryl methyl sites for hydroxylation is 3.